The fourth-order valence-corrected chi connectivity index (χ4v) is 1.22. The number of halogens is 3. The van der Waals surface area contributed by atoms with Crippen LogP contribution in [-0.4, -0.2) is 49.8 Å². The van der Waals surface area contributed by atoms with Crippen LogP contribution in [0.25, 0.3) is 0 Å². The maximum absolute atomic E-state index is 13.4. The van der Waals surface area contributed by atoms with E-state index < -0.39 is 37.8 Å². The minimum absolute atomic E-state index is 0.0433. The minimum atomic E-state index is -3.19. The smallest absolute Gasteiger partial charge is 0.287 e. The molecule has 0 bridgehead atoms. The van der Waals surface area contributed by atoms with Crippen LogP contribution in [0, 0.1) is 0 Å². The van der Waals surface area contributed by atoms with E-state index in [1.807, 2.05) is 20.8 Å². The Bertz CT molecular complexity index is 294. The van der Waals surface area contributed by atoms with Gasteiger partial charge in [-0.2, -0.15) is 0 Å². The van der Waals surface area contributed by atoms with Crippen LogP contribution in [0.1, 0.15) is 34.1 Å². The van der Waals surface area contributed by atoms with Crippen molar-refractivity contribution >= 4 is 5.91 Å². The van der Waals surface area contributed by atoms with E-state index >= 15 is 0 Å². The number of carbonyl (C=O) groups excluding carboxylic acids is 1. The predicted molar refractivity (Wildman–Crippen MR) is 71.7 cm³/mol. The molecule has 0 spiro atoms. The molecule has 1 unspecified atom stereocenters. The van der Waals surface area contributed by atoms with Gasteiger partial charge in [-0.15, -0.1) is 0 Å². The van der Waals surface area contributed by atoms with Crippen LogP contribution >= 0.6 is 0 Å². The SMILES string of the molecule is CCC(=O)NCC(F)(F)COCC(F)CNC(C)(C)C. The maximum Gasteiger partial charge on any atom is 0.287 e. The molecular formula is C13H25F3N2O2. The Labute approximate surface area is 118 Å². The van der Waals surface area contributed by atoms with E-state index in [-0.39, 0.29) is 18.5 Å². The summed E-state index contributed by atoms with van der Waals surface area (Å²) >= 11 is 0. The first-order valence-corrected chi connectivity index (χ1v) is 6.67. The van der Waals surface area contributed by atoms with E-state index in [0.29, 0.717) is 0 Å². The molecule has 0 aliphatic heterocycles. The lowest BCUT2D eigenvalue weighted by atomic mass is 10.1. The molecular weight excluding hydrogens is 273 g/mol. The molecule has 4 nitrogen and oxygen atoms in total. The van der Waals surface area contributed by atoms with Gasteiger partial charge in [0.15, 0.2) is 0 Å². The number of hydrogen-bond donors (Lipinski definition) is 2. The average molecular weight is 298 g/mol. The Morgan fingerprint density at radius 3 is 2.40 bits per heavy atom. The van der Waals surface area contributed by atoms with Gasteiger partial charge in [0.05, 0.1) is 13.2 Å². The standard InChI is InChI=1S/C13H25F3N2O2/c1-5-11(19)17-8-13(15,16)9-20-7-10(14)6-18-12(2,3)4/h10,18H,5-9H2,1-4H3,(H,17,19). The van der Waals surface area contributed by atoms with Crippen molar-refractivity contribution in [1.29, 1.82) is 0 Å². The number of rotatable bonds is 9. The number of alkyl halides is 3. The summed E-state index contributed by atoms with van der Waals surface area (Å²) in [5.41, 5.74) is -0.237. The van der Waals surface area contributed by atoms with E-state index in [0.717, 1.165) is 0 Å². The summed E-state index contributed by atoms with van der Waals surface area (Å²) in [6, 6.07) is 0. The second-order valence-electron chi connectivity index (χ2n) is 5.73. The Morgan fingerprint density at radius 2 is 1.90 bits per heavy atom. The Kier molecular flexibility index (Phi) is 8.12. The summed E-state index contributed by atoms with van der Waals surface area (Å²) < 4.78 is 44.6. The van der Waals surface area contributed by atoms with Crippen molar-refractivity contribution in [2.24, 2.45) is 0 Å². The maximum atomic E-state index is 13.4. The molecule has 0 saturated heterocycles. The van der Waals surface area contributed by atoms with Gasteiger partial charge in [-0.3, -0.25) is 4.79 Å². The third kappa shape index (κ3) is 11.0. The molecule has 0 saturated carbocycles. The van der Waals surface area contributed by atoms with Crippen LogP contribution in [0.2, 0.25) is 0 Å². The van der Waals surface area contributed by atoms with Crippen LogP contribution in [0.15, 0.2) is 0 Å². The first kappa shape index (κ1) is 19.2. The van der Waals surface area contributed by atoms with E-state index in [9.17, 15) is 18.0 Å². The van der Waals surface area contributed by atoms with Crippen LogP contribution in [0.4, 0.5) is 13.2 Å². The third-order valence-corrected chi connectivity index (χ3v) is 2.33. The second-order valence-corrected chi connectivity index (χ2v) is 5.73. The fourth-order valence-electron chi connectivity index (χ4n) is 1.22. The molecule has 0 heterocycles. The summed E-state index contributed by atoms with van der Waals surface area (Å²) in [6.07, 6.45) is -1.21. The topological polar surface area (TPSA) is 50.4 Å². The van der Waals surface area contributed by atoms with Crippen molar-refractivity contribution in [3.05, 3.63) is 0 Å². The van der Waals surface area contributed by atoms with Gasteiger partial charge in [0, 0.05) is 18.5 Å². The summed E-state index contributed by atoms with van der Waals surface area (Å²) in [7, 11) is 0. The van der Waals surface area contributed by atoms with Gasteiger partial charge in [0.1, 0.15) is 12.8 Å². The van der Waals surface area contributed by atoms with Gasteiger partial charge in [-0.05, 0) is 20.8 Å². The number of amides is 1. The number of hydrogen-bond acceptors (Lipinski definition) is 3. The molecule has 0 fully saturated rings. The Balaban J connectivity index is 3.83. The first-order chi connectivity index (χ1) is 9.06. The molecule has 0 aromatic carbocycles. The van der Waals surface area contributed by atoms with Crippen LogP contribution < -0.4 is 10.6 Å². The van der Waals surface area contributed by atoms with Crippen molar-refractivity contribution in [1.82, 2.24) is 10.6 Å². The largest absolute Gasteiger partial charge is 0.372 e. The summed E-state index contributed by atoms with van der Waals surface area (Å²) in [5.74, 6) is -3.65. The molecule has 1 atom stereocenters. The molecule has 0 rings (SSSR count). The van der Waals surface area contributed by atoms with E-state index in [1.54, 1.807) is 6.92 Å². The van der Waals surface area contributed by atoms with Crippen molar-refractivity contribution in [2.75, 3.05) is 26.3 Å². The summed E-state index contributed by atoms with van der Waals surface area (Å²) in [6.45, 7) is 5.15. The fraction of sp³-hybridized carbons (Fsp3) is 0.923. The predicted octanol–water partition coefficient (Wildman–Crippen LogP) is 1.89. The number of nitrogens with one attached hydrogen (secondary N) is 2. The lowest BCUT2D eigenvalue weighted by molar-refractivity contribution is -0.125. The summed E-state index contributed by atoms with van der Waals surface area (Å²) in [5, 5.41) is 5.00. The lowest BCUT2D eigenvalue weighted by Crippen LogP contribution is -2.42. The molecule has 120 valence electrons. The Hall–Kier alpha value is -0.820. The van der Waals surface area contributed by atoms with Gasteiger partial charge >= 0.3 is 0 Å². The highest BCUT2D eigenvalue weighted by Gasteiger charge is 2.30. The molecule has 2 N–H and O–H groups in total. The normalized spacial score (nSPS) is 14.2. The van der Waals surface area contributed by atoms with Gasteiger partial charge in [0.25, 0.3) is 5.92 Å². The van der Waals surface area contributed by atoms with Crippen molar-refractivity contribution in [3.8, 4) is 0 Å². The monoisotopic (exact) mass is 298 g/mol. The van der Waals surface area contributed by atoms with Gasteiger partial charge < -0.3 is 15.4 Å². The number of ether oxygens (including phenoxy) is 1. The number of carbonyl (C=O) groups is 1. The van der Waals surface area contributed by atoms with E-state index in [4.69, 9.17) is 0 Å². The van der Waals surface area contributed by atoms with Crippen LogP contribution in [0.5, 0.6) is 0 Å². The van der Waals surface area contributed by atoms with Crippen molar-refractivity contribution in [2.45, 2.75) is 51.7 Å². The molecule has 0 aliphatic rings. The summed E-state index contributed by atoms with van der Waals surface area (Å²) in [4.78, 5) is 10.9. The van der Waals surface area contributed by atoms with E-state index in [1.165, 1.54) is 0 Å². The molecule has 0 aromatic heterocycles. The van der Waals surface area contributed by atoms with Gasteiger partial charge in [0.2, 0.25) is 5.91 Å². The van der Waals surface area contributed by atoms with Crippen molar-refractivity contribution in [3.63, 3.8) is 0 Å². The molecule has 1 amide bonds. The zero-order chi connectivity index (χ0) is 15.8. The highest BCUT2D eigenvalue weighted by molar-refractivity contribution is 5.75. The minimum Gasteiger partial charge on any atom is -0.372 e. The molecule has 7 heteroatoms. The van der Waals surface area contributed by atoms with Gasteiger partial charge in [-0.25, -0.2) is 13.2 Å². The quantitative estimate of drug-likeness (QED) is 0.683. The second kappa shape index (κ2) is 8.46. The Morgan fingerprint density at radius 1 is 1.30 bits per heavy atom. The molecule has 20 heavy (non-hydrogen) atoms. The average Bonchev–Trinajstić information content (AvgIpc) is 2.32. The van der Waals surface area contributed by atoms with Crippen LogP contribution in [-0.2, 0) is 9.53 Å². The van der Waals surface area contributed by atoms with Gasteiger partial charge in [-0.1, -0.05) is 6.92 Å². The van der Waals surface area contributed by atoms with E-state index in [2.05, 4.69) is 15.4 Å². The molecule has 0 aromatic rings. The lowest BCUT2D eigenvalue weighted by Gasteiger charge is -2.22. The van der Waals surface area contributed by atoms with Crippen LogP contribution in [0.3, 0.4) is 0 Å². The third-order valence-electron chi connectivity index (χ3n) is 2.33. The zero-order valence-corrected chi connectivity index (χ0v) is 12.6. The highest BCUT2D eigenvalue weighted by atomic mass is 19.3. The molecule has 0 aliphatic carbocycles. The molecule has 0 radical (unpaired) electrons. The first-order valence-electron chi connectivity index (χ1n) is 6.67. The van der Waals surface area contributed by atoms with Crippen molar-refractivity contribution < 1.29 is 22.7 Å². The highest BCUT2D eigenvalue weighted by Crippen LogP contribution is 2.13. The zero-order valence-electron chi connectivity index (χ0n) is 12.6.